The fourth-order valence-corrected chi connectivity index (χ4v) is 6.31. The number of urea groups is 1. The van der Waals surface area contributed by atoms with Crippen molar-refractivity contribution in [2.24, 2.45) is 4.36 Å². The summed E-state index contributed by atoms with van der Waals surface area (Å²) in [5.41, 5.74) is 5.39. The zero-order valence-corrected chi connectivity index (χ0v) is 18.1. The highest BCUT2D eigenvalue weighted by molar-refractivity contribution is 7.87. The first-order chi connectivity index (χ1) is 13.4. The van der Waals surface area contributed by atoms with Gasteiger partial charge in [-0.3, -0.25) is 4.72 Å². The molecule has 1 aromatic carbocycles. The number of aliphatic hydroxyl groups is 1. The topological polar surface area (TPSA) is 86.6 Å². The van der Waals surface area contributed by atoms with Crippen LogP contribution < -0.4 is 10.0 Å². The smallest absolute Gasteiger partial charge is 0.352 e. The standard InChI is InChI=1S/C20H26N4O2S2/c1-20(2,26)18-22-11-16(27-18)28(21-3)24-19(25)23-17-14-8-4-6-12(14)10-13-7-5-9-15(13)17/h10-11,26H,4-9H2,1-3H3,(H2,21,23,24,25). The van der Waals surface area contributed by atoms with Gasteiger partial charge >= 0.3 is 6.03 Å². The molecule has 4 rings (SSSR count). The van der Waals surface area contributed by atoms with Crippen LogP contribution in [-0.2, 0) is 42.2 Å². The molecule has 1 heterocycles. The van der Waals surface area contributed by atoms with Crippen molar-refractivity contribution < 1.29 is 9.90 Å². The van der Waals surface area contributed by atoms with Gasteiger partial charge in [0.15, 0.2) is 0 Å². The van der Waals surface area contributed by atoms with Gasteiger partial charge in [0.1, 0.15) is 14.8 Å². The second-order valence-corrected chi connectivity index (χ2v) is 10.7. The first-order valence-electron chi connectivity index (χ1n) is 9.66. The Morgan fingerprint density at radius 2 is 1.86 bits per heavy atom. The highest BCUT2D eigenvalue weighted by Crippen LogP contribution is 2.38. The highest BCUT2D eigenvalue weighted by Gasteiger charge is 2.25. The number of hydrogen-bond acceptors (Lipinski definition) is 4. The van der Waals surface area contributed by atoms with Crippen LogP contribution >= 0.6 is 11.3 Å². The molecule has 6 nitrogen and oxygen atoms in total. The Bertz CT molecular complexity index is 928. The summed E-state index contributed by atoms with van der Waals surface area (Å²) in [6.07, 6.45) is 8.25. The van der Waals surface area contributed by atoms with E-state index in [9.17, 15) is 9.90 Å². The lowest BCUT2D eigenvalue weighted by atomic mass is 9.99. The van der Waals surface area contributed by atoms with E-state index in [-0.39, 0.29) is 6.03 Å². The Labute approximate surface area is 172 Å². The average Bonchev–Trinajstić information content (AvgIpc) is 3.37. The van der Waals surface area contributed by atoms with Crippen molar-refractivity contribution in [1.29, 1.82) is 0 Å². The molecular formula is C20H26N4O2S2. The van der Waals surface area contributed by atoms with Crippen LogP contribution in [-0.4, -0.2) is 23.2 Å². The monoisotopic (exact) mass is 418 g/mol. The number of anilines is 1. The van der Waals surface area contributed by atoms with Gasteiger partial charge in [-0.25, -0.2) is 9.78 Å². The fourth-order valence-electron chi connectivity index (χ4n) is 4.00. The molecule has 0 aliphatic heterocycles. The van der Waals surface area contributed by atoms with E-state index in [0.29, 0.717) is 5.01 Å². The summed E-state index contributed by atoms with van der Waals surface area (Å²) in [6.45, 7) is 3.40. The predicted molar refractivity (Wildman–Crippen MR) is 114 cm³/mol. The van der Waals surface area contributed by atoms with Crippen molar-refractivity contribution in [2.45, 2.75) is 62.2 Å². The second kappa shape index (κ2) is 7.67. The van der Waals surface area contributed by atoms with Crippen molar-refractivity contribution in [2.75, 3.05) is 12.4 Å². The number of amides is 2. The summed E-state index contributed by atoms with van der Waals surface area (Å²) < 4.78 is 8.29. The molecule has 8 heteroatoms. The van der Waals surface area contributed by atoms with Gasteiger partial charge in [0.25, 0.3) is 0 Å². The third-order valence-electron chi connectivity index (χ3n) is 5.27. The van der Waals surface area contributed by atoms with Crippen LogP contribution in [0.4, 0.5) is 10.5 Å². The van der Waals surface area contributed by atoms with E-state index in [1.165, 1.54) is 33.6 Å². The largest absolute Gasteiger partial charge is 0.383 e. The van der Waals surface area contributed by atoms with E-state index in [1.807, 2.05) is 0 Å². The molecule has 2 aliphatic rings. The number of thiazole rings is 1. The fraction of sp³-hybridized carbons (Fsp3) is 0.500. The number of fused-ring (bicyclic) bond motifs is 2. The Hall–Kier alpha value is -1.61. The van der Waals surface area contributed by atoms with E-state index >= 15 is 0 Å². The molecule has 0 saturated carbocycles. The second-order valence-electron chi connectivity index (χ2n) is 7.79. The van der Waals surface area contributed by atoms with Crippen LogP contribution in [0.1, 0.15) is 54.0 Å². The number of rotatable bonds is 4. The molecule has 2 amide bonds. The van der Waals surface area contributed by atoms with Gasteiger partial charge < -0.3 is 10.4 Å². The van der Waals surface area contributed by atoms with E-state index in [4.69, 9.17) is 0 Å². The summed E-state index contributed by atoms with van der Waals surface area (Å²) in [5, 5.41) is 13.9. The number of nitrogens with zero attached hydrogens (tertiary/aromatic N) is 2. The van der Waals surface area contributed by atoms with Gasteiger partial charge in [-0.15, -0.1) is 11.3 Å². The summed E-state index contributed by atoms with van der Waals surface area (Å²) in [6, 6.07) is 2.02. The van der Waals surface area contributed by atoms with Crippen LogP contribution in [0.15, 0.2) is 20.8 Å². The van der Waals surface area contributed by atoms with Crippen LogP contribution in [0.25, 0.3) is 0 Å². The van der Waals surface area contributed by atoms with Crippen molar-refractivity contribution in [1.82, 2.24) is 9.71 Å². The summed E-state index contributed by atoms with van der Waals surface area (Å²) >= 11 is 1.38. The lowest BCUT2D eigenvalue weighted by Gasteiger charge is -2.15. The van der Waals surface area contributed by atoms with Crippen LogP contribution in [0, 0.1) is 0 Å². The molecule has 0 spiro atoms. The van der Waals surface area contributed by atoms with E-state index < -0.39 is 16.5 Å². The van der Waals surface area contributed by atoms with E-state index in [0.717, 1.165) is 48.4 Å². The highest BCUT2D eigenvalue weighted by atomic mass is 32.2. The molecule has 2 aromatic rings. The van der Waals surface area contributed by atoms with Crippen LogP contribution in [0.2, 0.25) is 0 Å². The number of carbonyl (C=O) groups is 1. The van der Waals surface area contributed by atoms with Gasteiger partial charge in [0, 0.05) is 16.6 Å². The molecule has 2 aliphatic carbocycles. The molecule has 1 atom stereocenters. The molecular weight excluding hydrogens is 392 g/mol. The molecule has 1 aromatic heterocycles. The number of carbonyl (C=O) groups excluding carboxylic acids is 1. The zero-order valence-electron chi connectivity index (χ0n) is 16.5. The van der Waals surface area contributed by atoms with Crippen molar-refractivity contribution in [3.05, 3.63) is 39.5 Å². The Balaban J connectivity index is 1.61. The number of benzene rings is 1. The SMILES string of the molecule is CN/S(=N\C(=O)Nc1c2c(cc3c1CCC3)CCC2)c1cnc(C(C)(C)O)s1. The van der Waals surface area contributed by atoms with Gasteiger partial charge in [0.05, 0.1) is 6.20 Å². The Kier molecular flexibility index (Phi) is 5.39. The quantitative estimate of drug-likeness (QED) is 0.703. The summed E-state index contributed by atoms with van der Waals surface area (Å²) in [7, 11) is 0.978. The summed E-state index contributed by atoms with van der Waals surface area (Å²) in [5.74, 6) is 0. The minimum absolute atomic E-state index is 0.328. The first kappa shape index (κ1) is 19.7. The molecule has 0 fully saturated rings. The maximum Gasteiger partial charge on any atom is 0.352 e. The number of hydrogen-bond donors (Lipinski definition) is 3. The Morgan fingerprint density at radius 1 is 1.21 bits per heavy atom. The van der Waals surface area contributed by atoms with Gasteiger partial charge in [-0.05, 0) is 81.7 Å². The average molecular weight is 419 g/mol. The van der Waals surface area contributed by atoms with E-state index in [2.05, 4.69) is 25.5 Å². The number of aryl methyl sites for hydroxylation is 2. The normalized spacial score (nSPS) is 16.9. The molecule has 0 bridgehead atoms. The van der Waals surface area contributed by atoms with Crippen LogP contribution in [0.5, 0.6) is 0 Å². The maximum atomic E-state index is 12.8. The van der Waals surface area contributed by atoms with Crippen LogP contribution in [0.3, 0.4) is 0 Å². The molecule has 0 saturated heterocycles. The summed E-state index contributed by atoms with van der Waals surface area (Å²) in [4.78, 5) is 17.1. The molecule has 3 N–H and O–H groups in total. The minimum Gasteiger partial charge on any atom is -0.383 e. The Morgan fingerprint density at radius 3 is 2.39 bits per heavy atom. The van der Waals surface area contributed by atoms with Gasteiger partial charge in [0.2, 0.25) is 0 Å². The number of aromatic nitrogens is 1. The predicted octanol–water partition coefficient (Wildman–Crippen LogP) is 3.88. The van der Waals surface area contributed by atoms with E-state index in [1.54, 1.807) is 27.1 Å². The lowest BCUT2D eigenvalue weighted by Crippen LogP contribution is -2.16. The van der Waals surface area contributed by atoms with Crippen molar-refractivity contribution in [3.8, 4) is 0 Å². The molecule has 1 unspecified atom stereocenters. The van der Waals surface area contributed by atoms with Crippen molar-refractivity contribution >= 4 is 33.9 Å². The molecule has 0 radical (unpaired) electrons. The molecule has 150 valence electrons. The zero-order chi connectivity index (χ0) is 19.9. The molecule has 28 heavy (non-hydrogen) atoms. The third kappa shape index (κ3) is 3.78. The third-order valence-corrected chi connectivity index (χ3v) is 8.32. The number of nitrogens with one attached hydrogen (secondary N) is 2. The maximum absolute atomic E-state index is 12.8. The van der Waals surface area contributed by atoms with Crippen molar-refractivity contribution in [3.63, 3.8) is 0 Å². The van der Waals surface area contributed by atoms with Gasteiger partial charge in [-0.1, -0.05) is 6.07 Å². The first-order valence-corrected chi connectivity index (χ1v) is 11.7. The van der Waals surface area contributed by atoms with Gasteiger partial charge in [-0.2, -0.15) is 4.36 Å². The minimum atomic E-state index is -1.00. The lowest BCUT2D eigenvalue weighted by molar-refractivity contribution is 0.0783.